The maximum absolute atomic E-state index is 13.3. The van der Waals surface area contributed by atoms with Crippen LogP contribution in [-0.2, 0) is 6.54 Å². The Hall–Kier alpha value is -2.63. The van der Waals surface area contributed by atoms with Crippen molar-refractivity contribution in [2.75, 3.05) is 4.90 Å². The number of carbonyl (C=O) groups excluding carboxylic acids is 1. The molecule has 0 radical (unpaired) electrons. The third-order valence-electron chi connectivity index (χ3n) is 4.52. The van der Waals surface area contributed by atoms with Gasteiger partial charge in [0.1, 0.15) is 5.76 Å². The molecular formula is C22H19ClN2O2S. The molecule has 142 valence electrons. The predicted molar refractivity (Wildman–Crippen MR) is 114 cm³/mol. The van der Waals surface area contributed by atoms with Crippen LogP contribution < -0.4 is 4.90 Å². The molecule has 0 fully saturated rings. The molecule has 0 aliphatic rings. The van der Waals surface area contributed by atoms with Crippen molar-refractivity contribution >= 4 is 44.2 Å². The number of rotatable bonds is 5. The molecule has 0 bridgehead atoms. The van der Waals surface area contributed by atoms with Crippen LogP contribution in [-0.4, -0.2) is 10.9 Å². The van der Waals surface area contributed by atoms with E-state index in [1.807, 2.05) is 24.3 Å². The number of hydrogen-bond acceptors (Lipinski definition) is 4. The van der Waals surface area contributed by atoms with Gasteiger partial charge in [-0.3, -0.25) is 9.69 Å². The molecule has 0 aliphatic carbocycles. The van der Waals surface area contributed by atoms with Crippen LogP contribution in [0.25, 0.3) is 10.2 Å². The third kappa shape index (κ3) is 3.68. The molecule has 2 aromatic carbocycles. The maximum Gasteiger partial charge on any atom is 0.260 e. The number of amides is 1. The summed E-state index contributed by atoms with van der Waals surface area (Å²) in [4.78, 5) is 19.8. The van der Waals surface area contributed by atoms with Gasteiger partial charge in [0.05, 0.1) is 23.0 Å². The number of furan rings is 1. The van der Waals surface area contributed by atoms with E-state index in [2.05, 4.69) is 19.9 Å². The van der Waals surface area contributed by atoms with Crippen LogP contribution in [0.5, 0.6) is 0 Å². The minimum atomic E-state index is -0.141. The molecule has 6 heteroatoms. The van der Waals surface area contributed by atoms with Crippen LogP contribution >= 0.6 is 22.9 Å². The molecule has 1 amide bonds. The van der Waals surface area contributed by atoms with Crippen LogP contribution in [0.3, 0.4) is 0 Å². The summed E-state index contributed by atoms with van der Waals surface area (Å²) in [6.07, 6.45) is 1.61. The van der Waals surface area contributed by atoms with Crippen molar-refractivity contribution in [2.24, 2.45) is 0 Å². The number of aromatic nitrogens is 1. The first-order chi connectivity index (χ1) is 13.5. The number of halogens is 1. The first-order valence-electron chi connectivity index (χ1n) is 9.02. The van der Waals surface area contributed by atoms with Crippen molar-refractivity contribution in [1.82, 2.24) is 4.98 Å². The molecule has 0 spiro atoms. The summed E-state index contributed by atoms with van der Waals surface area (Å²) in [5.74, 6) is 0.910. The molecule has 0 aliphatic heterocycles. The Bertz CT molecular complexity index is 1100. The van der Waals surface area contributed by atoms with E-state index in [0.717, 1.165) is 10.2 Å². The van der Waals surface area contributed by atoms with Crippen molar-refractivity contribution in [3.8, 4) is 0 Å². The second-order valence-corrected chi connectivity index (χ2v) is 8.27. The number of fused-ring (bicyclic) bond motifs is 1. The SMILES string of the molecule is CC(C)c1cccc2sc(N(Cc3ccco3)C(=O)c3ccc(Cl)cc3)nc12. The molecule has 0 saturated heterocycles. The zero-order valence-corrected chi connectivity index (χ0v) is 17.1. The third-order valence-corrected chi connectivity index (χ3v) is 5.82. The van der Waals surface area contributed by atoms with E-state index in [1.54, 1.807) is 35.4 Å². The lowest BCUT2D eigenvalue weighted by Gasteiger charge is -2.19. The highest BCUT2D eigenvalue weighted by atomic mass is 35.5. The van der Waals surface area contributed by atoms with Crippen molar-refractivity contribution in [1.29, 1.82) is 0 Å². The highest BCUT2D eigenvalue weighted by Crippen LogP contribution is 2.34. The number of carbonyl (C=O) groups is 1. The molecule has 4 rings (SSSR count). The molecule has 0 N–H and O–H groups in total. The molecule has 28 heavy (non-hydrogen) atoms. The summed E-state index contributed by atoms with van der Waals surface area (Å²) < 4.78 is 6.55. The number of hydrogen-bond donors (Lipinski definition) is 0. The van der Waals surface area contributed by atoms with Gasteiger partial charge in [-0.2, -0.15) is 0 Å². The standard InChI is InChI=1S/C22H19ClN2O2S/c1-14(2)18-6-3-7-19-20(18)24-22(28-19)25(13-17-5-4-12-27-17)21(26)15-8-10-16(23)11-9-15/h3-12,14H,13H2,1-2H3. The average molecular weight is 411 g/mol. The fourth-order valence-corrected chi connectivity index (χ4v) is 4.20. The summed E-state index contributed by atoms with van der Waals surface area (Å²) in [6.45, 7) is 4.60. The lowest BCUT2D eigenvalue weighted by Crippen LogP contribution is -2.30. The lowest BCUT2D eigenvalue weighted by molar-refractivity contribution is 0.0983. The summed E-state index contributed by atoms with van der Waals surface area (Å²) >= 11 is 7.49. The predicted octanol–water partition coefficient (Wildman–Crippen LogP) is 6.51. The van der Waals surface area contributed by atoms with Gasteiger partial charge in [-0.05, 0) is 53.9 Å². The normalized spacial score (nSPS) is 11.3. The molecule has 2 heterocycles. The van der Waals surface area contributed by atoms with Gasteiger partial charge in [0, 0.05) is 10.6 Å². The van der Waals surface area contributed by atoms with Crippen LogP contribution in [0.15, 0.2) is 65.3 Å². The van der Waals surface area contributed by atoms with E-state index < -0.39 is 0 Å². The van der Waals surface area contributed by atoms with Crippen LogP contribution in [0, 0.1) is 0 Å². The van der Waals surface area contributed by atoms with Gasteiger partial charge >= 0.3 is 0 Å². The molecular weight excluding hydrogens is 392 g/mol. The van der Waals surface area contributed by atoms with Gasteiger partial charge in [-0.1, -0.05) is 48.9 Å². The van der Waals surface area contributed by atoms with Gasteiger partial charge < -0.3 is 4.42 Å². The largest absolute Gasteiger partial charge is 0.467 e. The molecule has 0 saturated carbocycles. The van der Waals surface area contributed by atoms with Crippen molar-refractivity contribution in [3.63, 3.8) is 0 Å². The first kappa shape index (κ1) is 18.7. The highest BCUT2D eigenvalue weighted by molar-refractivity contribution is 7.22. The van der Waals surface area contributed by atoms with Gasteiger partial charge in [-0.15, -0.1) is 0 Å². The van der Waals surface area contributed by atoms with Gasteiger partial charge in [-0.25, -0.2) is 4.98 Å². The van der Waals surface area contributed by atoms with E-state index in [1.165, 1.54) is 16.9 Å². The second kappa shape index (κ2) is 7.78. The van der Waals surface area contributed by atoms with E-state index in [9.17, 15) is 4.79 Å². The van der Waals surface area contributed by atoms with Crippen LogP contribution in [0.4, 0.5) is 5.13 Å². The van der Waals surface area contributed by atoms with Gasteiger partial charge in [0.2, 0.25) is 0 Å². The van der Waals surface area contributed by atoms with E-state index in [4.69, 9.17) is 21.0 Å². The summed E-state index contributed by atoms with van der Waals surface area (Å²) in [6, 6.07) is 16.7. The Morgan fingerprint density at radius 3 is 2.61 bits per heavy atom. The van der Waals surface area contributed by atoms with Crippen LogP contribution in [0.1, 0.15) is 41.4 Å². The van der Waals surface area contributed by atoms with Crippen LogP contribution in [0.2, 0.25) is 5.02 Å². The maximum atomic E-state index is 13.3. The quantitative estimate of drug-likeness (QED) is 0.376. The second-order valence-electron chi connectivity index (χ2n) is 6.82. The summed E-state index contributed by atoms with van der Waals surface area (Å²) in [7, 11) is 0. The van der Waals surface area contributed by atoms with E-state index in [-0.39, 0.29) is 5.91 Å². The Balaban J connectivity index is 1.79. The summed E-state index contributed by atoms with van der Waals surface area (Å²) in [5.41, 5.74) is 2.68. The first-order valence-corrected chi connectivity index (χ1v) is 10.2. The van der Waals surface area contributed by atoms with Crippen molar-refractivity contribution < 1.29 is 9.21 Å². The average Bonchev–Trinajstić information content (AvgIpc) is 3.35. The van der Waals surface area contributed by atoms with Gasteiger partial charge in [0.25, 0.3) is 5.91 Å². The molecule has 0 atom stereocenters. The number of para-hydroxylation sites is 1. The lowest BCUT2D eigenvalue weighted by atomic mass is 10.0. The van der Waals surface area contributed by atoms with E-state index >= 15 is 0 Å². The smallest absolute Gasteiger partial charge is 0.260 e. The number of nitrogens with zero attached hydrogens (tertiary/aromatic N) is 2. The minimum absolute atomic E-state index is 0.141. The fourth-order valence-electron chi connectivity index (χ4n) is 3.07. The molecule has 4 aromatic rings. The number of thiazole rings is 1. The minimum Gasteiger partial charge on any atom is -0.467 e. The number of anilines is 1. The van der Waals surface area contributed by atoms with Gasteiger partial charge in [0.15, 0.2) is 5.13 Å². The zero-order valence-electron chi connectivity index (χ0n) is 15.6. The molecule has 0 unspecified atom stereocenters. The highest BCUT2D eigenvalue weighted by Gasteiger charge is 2.23. The Labute approximate surface area is 172 Å². The Kier molecular flexibility index (Phi) is 5.20. The Morgan fingerprint density at radius 2 is 1.93 bits per heavy atom. The molecule has 2 aromatic heterocycles. The fraction of sp³-hybridized carbons (Fsp3) is 0.182. The summed E-state index contributed by atoms with van der Waals surface area (Å²) in [5, 5.41) is 1.25. The Morgan fingerprint density at radius 1 is 1.14 bits per heavy atom. The van der Waals surface area contributed by atoms with Crippen molar-refractivity contribution in [2.45, 2.75) is 26.3 Å². The zero-order chi connectivity index (χ0) is 19.7. The topological polar surface area (TPSA) is 46.3 Å². The monoisotopic (exact) mass is 410 g/mol. The molecule has 4 nitrogen and oxygen atoms in total. The van der Waals surface area contributed by atoms with Crippen molar-refractivity contribution in [3.05, 3.63) is 82.8 Å². The van der Waals surface area contributed by atoms with E-state index in [0.29, 0.717) is 33.9 Å². The number of benzene rings is 2.